The molecular weight excluding hydrogens is 1790 g/mol. The maximum absolute atomic E-state index is 6.31. The Morgan fingerprint density at radius 3 is 0.931 bits per heavy atom. The molecule has 0 aliphatic heterocycles. The molecule has 3 heterocycles. The molecule has 690 valence electrons. The molecule has 25 aromatic rings. The lowest BCUT2D eigenvalue weighted by Gasteiger charge is -2.28. The van der Waals surface area contributed by atoms with Crippen molar-refractivity contribution in [2.45, 2.75) is 57.8 Å². The summed E-state index contributed by atoms with van der Waals surface area (Å²) < 4.78 is 11.7. The van der Waals surface area contributed by atoms with Crippen LogP contribution in [-0.4, -0.2) is 0 Å². The third-order valence-corrected chi connectivity index (χ3v) is 33.1. The van der Waals surface area contributed by atoms with Crippen LogP contribution in [0.3, 0.4) is 0 Å². The van der Waals surface area contributed by atoms with Gasteiger partial charge in [0, 0.05) is 97.8 Å². The van der Waals surface area contributed by atoms with Gasteiger partial charge in [0.1, 0.15) is 11.2 Å². The van der Waals surface area contributed by atoms with E-state index in [2.05, 4.69) is 554 Å². The van der Waals surface area contributed by atoms with E-state index in [1.165, 1.54) is 207 Å². The van der Waals surface area contributed by atoms with Gasteiger partial charge in [-0.25, -0.2) is 0 Å². The molecule has 145 heavy (non-hydrogen) atoms. The van der Waals surface area contributed by atoms with Crippen LogP contribution < -0.4 is 14.7 Å². The van der Waals surface area contributed by atoms with Crippen molar-refractivity contribution in [2.75, 3.05) is 14.7 Å². The molecule has 3 aliphatic rings. The lowest BCUT2D eigenvalue weighted by molar-refractivity contribution is 0.656. The van der Waals surface area contributed by atoms with E-state index in [1.807, 2.05) is 28.7 Å². The van der Waals surface area contributed by atoms with Crippen LogP contribution in [-0.2, 0) is 16.2 Å². The quantitative estimate of drug-likeness (QED) is 0.102. The maximum atomic E-state index is 6.31. The number of rotatable bonds is 15. The largest absolute Gasteiger partial charge is 0.456 e. The molecule has 0 saturated carbocycles. The molecule has 0 N–H and O–H groups in total. The average Bonchev–Trinajstić information content (AvgIpc) is 1.55. The summed E-state index contributed by atoms with van der Waals surface area (Å²) in [6.45, 7) is 14.3. The smallest absolute Gasteiger partial charge is 0.136 e. The normalized spacial score (nSPS) is 13.1. The lowest BCUT2D eigenvalue weighted by Crippen LogP contribution is -2.16. The van der Waals surface area contributed by atoms with Gasteiger partial charge < -0.3 is 19.1 Å². The highest BCUT2D eigenvalue weighted by Gasteiger charge is 2.42. The van der Waals surface area contributed by atoms with Crippen LogP contribution in [0.2, 0.25) is 0 Å². The summed E-state index contributed by atoms with van der Waals surface area (Å²) in [5.41, 5.74) is 42.9. The molecule has 3 aliphatic carbocycles. The van der Waals surface area contributed by atoms with Gasteiger partial charge in [0.15, 0.2) is 0 Å². The summed E-state index contributed by atoms with van der Waals surface area (Å²) in [4.78, 5) is 7.25. The summed E-state index contributed by atoms with van der Waals surface area (Å²) in [7, 11) is 0. The molecule has 0 spiro atoms. The van der Waals surface area contributed by atoms with Crippen molar-refractivity contribution < 1.29 is 4.42 Å². The van der Waals surface area contributed by atoms with E-state index in [0.29, 0.717) is 0 Å². The third-order valence-electron chi connectivity index (χ3n) is 30.6. The SMILES string of the molecule is CC1(C)c2cc(N(c3ccc(-c4ccccc4)cc3)c3ccc(-c4ccccc4)cc3)ccc2-c2c1ccc1oc3ccccc3c21.CC1(C)c2ccccc2-c2ccc3c(sc4c(N(c5ccc(-c6ccccc6)cc5)c5ccc(-c6ccc7ccccc7c6)cc5)cccc43)c21.CC1(C)c2ccccc2-c2ccc3c(sc4c(N(c5ccc(-c6ccccc6)cc5)c5ccc(-c6ccccc6)cc5)cccc43)c21. The molecule has 0 atom stereocenters. The molecule has 6 heteroatoms. The van der Waals surface area contributed by atoms with Gasteiger partial charge in [-0.3, -0.25) is 0 Å². The Labute approximate surface area is 854 Å². The van der Waals surface area contributed by atoms with Gasteiger partial charge in [0.25, 0.3) is 0 Å². The van der Waals surface area contributed by atoms with Crippen molar-refractivity contribution in [1.82, 2.24) is 0 Å². The van der Waals surface area contributed by atoms with E-state index in [0.717, 1.165) is 51.0 Å². The van der Waals surface area contributed by atoms with Crippen LogP contribution in [0.5, 0.6) is 0 Å². The fraction of sp³-hybridized carbons (Fsp3) is 0.0647. The predicted molar refractivity (Wildman–Crippen MR) is 619 cm³/mol. The molecular formula is C139H101N3OS2. The monoisotopic (exact) mass is 1890 g/mol. The minimum Gasteiger partial charge on any atom is -0.456 e. The summed E-state index contributed by atoms with van der Waals surface area (Å²) in [5.74, 6) is 0. The van der Waals surface area contributed by atoms with E-state index >= 15 is 0 Å². The molecule has 0 fully saturated rings. The first-order valence-electron chi connectivity index (χ1n) is 50.2. The van der Waals surface area contributed by atoms with Crippen LogP contribution in [0.15, 0.2) is 508 Å². The van der Waals surface area contributed by atoms with Crippen molar-refractivity contribution >= 4 is 147 Å². The third kappa shape index (κ3) is 15.2. The van der Waals surface area contributed by atoms with Crippen molar-refractivity contribution in [1.29, 1.82) is 0 Å². The first-order valence-corrected chi connectivity index (χ1v) is 51.9. The fourth-order valence-corrected chi connectivity index (χ4v) is 26.4. The number of thiophene rings is 2. The lowest BCUT2D eigenvalue weighted by atomic mass is 9.82. The first kappa shape index (κ1) is 88.0. The second kappa shape index (κ2) is 35.8. The minimum atomic E-state index is -0.173. The van der Waals surface area contributed by atoms with Crippen molar-refractivity contribution in [3.8, 4) is 100 Å². The molecule has 3 aromatic heterocycles. The van der Waals surface area contributed by atoms with Gasteiger partial charge in [-0.05, 0) is 260 Å². The number of hydrogen-bond acceptors (Lipinski definition) is 6. The van der Waals surface area contributed by atoms with Gasteiger partial charge in [0.05, 0.1) is 20.8 Å². The molecule has 0 bridgehead atoms. The predicted octanol–water partition coefficient (Wildman–Crippen LogP) is 40.2. The average molecular weight is 1890 g/mol. The van der Waals surface area contributed by atoms with E-state index in [4.69, 9.17) is 4.42 Å². The van der Waals surface area contributed by atoms with Gasteiger partial charge >= 0.3 is 0 Å². The standard InChI is InChI=1S/C49H35NS.C45H33NO.C45H33NS/c1-49(2)44-17-9-8-15-40(44)41-29-30-43-42-16-10-18-45(47(42)51-48(43)46(41)49)50(38-25-21-34(22-26-38)32-11-4-3-5-12-32)39-27-23-35(24-28-39)37-20-19-33-13-6-7-14-36(33)31-37;1-45(2)39-27-28-42-44(38-15-9-10-16-41(38)47-42)43(39)37-26-25-36(29-40(37)45)46(34-21-17-32(18-22-34)30-11-5-3-6-12-30)35-23-19-33(20-24-35)31-13-7-4-8-14-31;1-45(2)40-18-10-9-16-36(40)37-28-29-39-38-17-11-19-41(43(38)47-44(39)42(37)45)46(34-24-20-32(21-25-34)30-12-5-3-6-13-30)35-26-22-33(23-27-35)31-14-7-4-8-15-31/h3-31H,1-2H3;2*3-29H,1-2H3. The Hall–Kier alpha value is -17.3. The van der Waals surface area contributed by atoms with E-state index in [-0.39, 0.29) is 16.2 Å². The van der Waals surface area contributed by atoms with Crippen LogP contribution in [0, 0.1) is 0 Å². The summed E-state index contributed by atoms with van der Waals surface area (Å²) >= 11 is 3.89. The summed E-state index contributed by atoms with van der Waals surface area (Å²) in [6, 6.07) is 183. The molecule has 22 aromatic carbocycles. The van der Waals surface area contributed by atoms with Crippen molar-refractivity contribution in [2.24, 2.45) is 0 Å². The second-order valence-electron chi connectivity index (χ2n) is 40.1. The number of benzene rings is 22. The number of furan rings is 1. The van der Waals surface area contributed by atoms with Crippen LogP contribution >= 0.6 is 22.7 Å². The van der Waals surface area contributed by atoms with Crippen molar-refractivity contribution in [3.05, 3.63) is 537 Å². The van der Waals surface area contributed by atoms with Gasteiger partial charge in [-0.2, -0.15) is 0 Å². The molecule has 0 amide bonds. The second-order valence-corrected chi connectivity index (χ2v) is 42.1. The first-order chi connectivity index (χ1) is 71.2. The minimum absolute atomic E-state index is 0.0628. The topological polar surface area (TPSA) is 22.9 Å². The fourth-order valence-electron chi connectivity index (χ4n) is 23.3. The highest BCUT2D eigenvalue weighted by Crippen LogP contribution is 2.60. The Balaban J connectivity index is 0.000000111. The molecule has 0 unspecified atom stereocenters. The van der Waals surface area contributed by atoms with E-state index < -0.39 is 0 Å². The zero-order valence-corrected chi connectivity index (χ0v) is 83.1. The zero-order chi connectivity index (χ0) is 97.2. The summed E-state index contributed by atoms with van der Waals surface area (Å²) in [6.07, 6.45) is 0. The van der Waals surface area contributed by atoms with Crippen LogP contribution in [0.25, 0.3) is 173 Å². The van der Waals surface area contributed by atoms with Crippen LogP contribution in [0.1, 0.15) is 74.9 Å². The Morgan fingerprint density at radius 2 is 0.510 bits per heavy atom. The van der Waals surface area contributed by atoms with Crippen molar-refractivity contribution in [3.63, 3.8) is 0 Å². The number of fused-ring (bicyclic) bond motifs is 22. The number of para-hydroxylation sites is 1. The Morgan fingerprint density at radius 1 is 0.186 bits per heavy atom. The van der Waals surface area contributed by atoms with E-state index in [9.17, 15) is 0 Å². The summed E-state index contributed by atoms with van der Waals surface area (Å²) in [5, 5.41) is 10.2. The Bertz CT molecular complexity index is 9100. The highest BCUT2D eigenvalue weighted by atomic mass is 32.1. The van der Waals surface area contributed by atoms with Gasteiger partial charge in [-0.15, -0.1) is 22.7 Å². The van der Waals surface area contributed by atoms with Gasteiger partial charge in [-0.1, -0.05) is 430 Å². The molecule has 28 rings (SSSR count). The number of nitrogens with zero attached hydrogens (tertiary/aromatic N) is 3. The maximum Gasteiger partial charge on any atom is 0.136 e. The van der Waals surface area contributed by atoms with Crippen LogP contribution in [0.4, 0.5) is 51.2 Å². The molecule has 4 nitrogen and oxygen atoms in total. The van der Waals surface area contributed by atoms with E-state index in [1.54, 1.807) is 0 Å². The molecule has 0 saturated heterocycles. The zero-order valence-electron chi connectivity index (χ0n) is 81.5. The number of hydrogen-bond donors (Lipinski definition) is 0. The number of anilines is 9. The highest BCUT2D eigenvalue weighted by molar-refractivity contribution is 7.27. The Kier molecular flexibility index (Phi) is 21.7. The van der Waals surface area contributed by atoms with Gasteiger partial charge in [0.2, 0.25) is 0 Å². The molecule has 0 radical (unpaired) electrons.